The quantitative estimate of drug-likeness (QED) is 0.510. The third kappa shape index (κ3) is 4.73. The molecule has 0 bridgehead atoms. The molecule has 122 valence electrons. The molecule has 7 nitrogen and oxygen atoms in total. The van der Waals surface area contributed by atoms with Gasteiger partial charge in [0.1, 0.15) is 5.82 Å². The smallest absolute Gasteiger partial charge is 0.268 e. The molecule has 24 heavy (non-hydrogen) atoms. The van der Waals surface area contributed by atoms with Crippen molar-refractivity contribution < 1.29 is 18.9 Å². The lowest BCUT2D eigenvalue weighted by Crippen LogP contribution is -2.40. The number of carbonyl (C=O) groups excluding carboxylic acids is 2. The van der Waals surface area contributed by atoms with Gasteiger partial charge in [-0.05, 0) is 29.8 Å². The van der Waals surface area contributed by atoms with Crippen LogP contribution in [0.2, 0.25) is 0 Å². The number of non-ortho nitro benzene ring substituents is 1. The molecule has 0 aliphatic carbocycles. The highest BCUT2D eigenvalue weighted by Gasteiger charge is 2.11. The SMILES string of the molecule is O=C(/C=C/c1cccc(F)c1)NNC(=O)c1cccc([N+](=O)[O-])c1. The van der Waals surface area contributed by atoms with Gasteiger partial charge in [-0.25, -0.2) is 4.39 Å². The summed E-state index contributed by atoms with van der Waals surface area (Å²) >= 11 is 0. The van der Waals surface area contributed by atoms with E-state index in [2.05, 4.69) is 10.9 Å². The summed E-state index contributed by atoms with van der Waals surface area (Å²) in [5, 5.41) is 10.7. The topological polar surface area (TPSA) is 101 Å². The molecule has 0 aromatic heterocycles. The first kappa shape index (κ1) is 16.8. The van der Waals surface area contributed by atoms with Gasteiger partial charge >= 0.3 is 0 Å². The third-order valence-electron chi connectivity index (χ3n) is 2.89. The molecule has 2 aromatic carbocycles. The maximum absolute atomic E-state index is 13.0. The van der Waals surface area contributed by atoms with Crippen LogP contribution in [-0.4, -0.2) is 16.7 Å². The van der Waals surface area contributed by atoms with Crippen molar-refractivity contribution in [2.24, 2.45) is 0 Å². The van der Waals surface area contributed by atoms with E-state index >= 15 is 0 Å². The average molecular weight is 329 g/mol. The second-order valence-electron chi connectivity index (χ2n) is 4.64. The molecule has 2 amide bonds. The minimum absolute atomic E-state index is 0.0265. The van der Waals surface area contributed by atoms with Gasteiger partial charge in [0.2, 0.25) is 0 Å². The van der Waals surface area contributed by atoms with Crippen molar-refractivity contribution in [2.75, 3.05) is 0 Å². The highest BCUT2D eigenvalue weighted by Crippen LogP contribution is 2.12. The van der Waals surface area contributed by atoms with E-state index in [1.807, 2.05) is 0 Å². The Balaban J connectivity index is 1.92. The summed E-state index contributed by atoms with van der Waals surface area (Å²) in [5.41, 5.74) is 4.52. The van der Waals surface area contributed by atoms with Crippen molar-refractivity contribution >= 4 is 23.6 Å². The fraction of sp³-hybridized carbons (Fsp3) is 0. The molecule has 0 fully saturated rings. The van der Waals surface area contributed by atoms with E-state index in [0.717, 1.165) is 12.1 Å². The molecule has 0 aliphatic rings. The molecular weight excluding hydrogens is 317 g/mol. The van der Waals surface area contributed by atoms with Gasteiger partial charge in [-0.15, -0.1) is 0 Å². The summed E-state index contributed by atoms with van der Waals surface area (Å²) in [6, 6.07) is 10.7. The fourth-order valence-electron chi connectivity index (χ4n) is 1.78. The first-order valence-corrected chi connectivity index (χ1v) is 6.74. The first-order chi connectivity index (χ1) is 11.5. The number of carbonyl (C=O) groups is 2. The van der Waals surface area contributed by atoms with Gasteiger partial charge in [0.05, 0.1) is 4.92 Å². The molecule has 0 spiro atoms. The van der Waals surface area contributed by atoms with Crippen LogP contribution in [0.3, 0.4) is 0 Å². The number of nitrogens with zero attached hydrogens (tertiary/aromatic N) is 1. The lowest BCUT2D eigenvalue weighted by molar-refractivity contribution is -0.384. The predicted octanol–water partition coefficient (Wildman–Crippen LogP) is 2.21. The Morgan fingerprint density at radius 2 is 1.83 bits per heavy atom. The van der Waals surface area contributed by atoms with Crippen molar-refractivity contribution in [2.45, 2.75) is 0 Å². The van der Waals surface area contributed by atoms with Crippen LogP contribution in [0, 0.1) is 15.9 Å². The summed E-state index contributed by atoms with van der Waals surface area (Å²) in [6.45, 7) is 0. The summed E-state index contributed by atoms with van der Waals surface area (Å²) < 4.78 is 13.0. The molecule has 0 saturated carbocycles. The number of hydrogen-bond acceptors (Lipinski definition) is 4. The lowest BCUT2D eigenvalue weighted by atomic mass is 10.2. The van der Waals surface area contributed by atoms with Gasteiger partial charge in [0.25, 0.3) is 17.5 Å². The minimum Gasteiger partial charge on any atom is -0.268 e. The zero-order chi connectivity index (χ0) is 17.5. The zero-order valence-corrected chi connectivity index (χ0v) is 12.2. The van der Waals surface area contributed by atoms with E-state index < -0.39 is 22.6 Å². The second kappa shape index (κ2) is 7.63. The Hall–Kier alpha value is -3.55. The molecule has 0 atom stereocenters. The number of nitro benzene ring substituents is 1. The predicted molar refractivity (Wildman–Crippen MR) is 84.1 cm³/mol. The number of nitro groups is 1. The van der Waals surface area contributed by atoms with Crippen molar-refractivity contribution in [1.82, 2.24) is 10.9 Å². The van der Waals surface area contributed by atoms with E-state index in [0.29, 0.717) is 5.56 Å². The Labute approximate surface area is 135 Å². The second-order valence-corrected chi connectivity index (χ2v) is 4.64. The summed E-state index contributed by atoms with van der Waals surface area (Å²) in [6.07, 6.45) is 2.49. The number of benzene rings is 2. The highest BCUT2D eigenvalue weighted by molar-refractivity contribution is 5.98. The summed E-state index contributed by atoms with van der Waals surface area (Å²) in [5.74, 6) is -1.78. The van der Waals surface area contributed by atoms with Gasteiger partial charge in [-0.3, -0.25) is 30.6 Å². The number of amides is 2. The van der Waals surface area contributed by atoms with E-state index in [1.165, 1.54) is 42.5 Å². The van der Waals surface area contributed by atoms with Crippen LogP contribution in [-0.2, 0) is 4.79 Å². The summed E-state index contributed by atoms with van der Waals surface area (Å²) in [4.78, 5) is 33.4. The van der Waals surface area contributed by atoms with Crippen molar-refractivity contribution in [1.29, 1.82) is 0 Å². The molecule has 0 unspecified atom stereocenters. The van der Waals surface area contributed by atoms with E-state index in [-0.39, 0.29) is 11.3 Å². The molecule has 2 N–H and O–H groups in total. The number of hydrazine groups is 1. The highest BCUT2D eigenvalue weighted by atomic mass is 19.1. The molecule has 0 aliphatic heterocycles. The Bertz CT molecular complexity index is 820. The Morgan fingerprint density at radius 3 is 2.54 bits per heavy atom. The van der Waals surface area contributed by atoms with Crippen LogP contribution in [0.5, 0.6) is 0 Å². The van der Waals surface area contributed by atoms with Crippen LogP contribution in [0.25, 0.3) is 6.08 Å². The number of halogens is 1. The average Bonchev–Trinajstić information content (AvgIpc) is 2.58. The van der Waals surface area contributed by atoms with Crippen molar-refractivity contribution in [3.63, 3.8) is 0 Å². The van der Waals surface area contributed by atoms with Crippen LogP contribution in [0.1, 0.15) is 15.9 Å². The van der Waals surface area contributed by atoms with Crippen LogP contribution in [0.4, 0.5) is 10.1 Å². The molecule has 2 aromatic rings. The van der Waals surface area contributed by atoms with Gasteiger partial charge in [0, 0.05) is 23.8 Å². The lowest BCUT2D eigenvalue weighted by Gasteiger charge is -2.05. The Morgan fingerprint density at radius 1 is 1.08 bits per heavy atom. The van der Waals surface area contributed by atoms with Crippen molar-refractivity contribution in [3.05, 3.63) is 81.7 Å². The first-order valence-electron chi connectivity index (χ1n) is 6.74. The number of hydrogen-bond donors (Lipinski definition) is 2. The van der Waals surface area contributed by atoms with Gasteiger partial charge in [-0.2, -0.15) is 0 Å². The molecule has 2 rings (SSSR count). The van der Waals surface area contributed by atoms with E-state index in [1.54, 1.807) is 6.07 Å². The van der Waals surface area contributed by atoms with Crippen molar-refractivity contribution in [3.8, 4) is 0 Å². The standard InChI is InChI=1S/C16H12FN3O4/c17-13-5-1-3-11(9-13)7-8-15(21)18-19-16(22)12-4-2-6-14(10-12)20(23)24/h1-10H,(H,18,21)(H,19,22)/b8-7+. The van der Waals surface area contributed by atoms with Crippen LogP contribution < -0.4 is 10.9 Å². The monoisotopic (exact) mass is 329 g/mol. The summed E-state index contributed by atoms with van der Waals surface area (Å²) in [7, 11) is 0. The molecule has 8 heteroatoms. The Kier molecular flexibility index (Phi) is 5.35. The van der Waals surface area contributed by atoms with Gasteiger partial charge < -0.3 is 0 Å². The zero-order valence-electron chi connectivity index (χ0n) is 12.2. The van der Waals surface area contributed by atoms with E-state index in [9.17, 15) is 24.1 Å². The normalized spacial score (nSPS) is 10.4. The maximum Gasteiger partial charge on any atom is 0.270 e. The minimum atomic E-state index is -0.703. The fourth-order valence-corrected chi connectivity index (χ4v) is 1.78. The molecular formula is C16H12FN3O4. The number of nitrogens with one attached hydrogen (secondary N) is 2. The largest absolute Gasteiger partial charge is 0.270 e. The molecule has 0 heterocycles. The van der Waals surface area contributed by atoms with Crippen LogP contribution in [0.15, 0.2) is 54.6 Å². The molecule has 0 saturated heterocycles. The number of rotatable bonds is 4. The maximum atomic E-state index is 13.0. The van der Waals surface area contributed by atoms with Crippen LogP contribution >= 0.6 is 0 Å². The van der Waals surface area contributed by atoms with Gasteiger partial charge in [0.15, 0.2) is 0 Å². The van der Waals surface area contributed by atoms with E-state index in [4.69, 9.17) is 0 Å². The molecule has 0 radical (unpaired) electrons. The third-order valence-corrected chi connectivity index (χ3v) is 2.89. The van der Waals surface area contributed by atoms with Gasteiger partial charge in [-0.1, -0.05) is 18.2 Å².